The van der Waals surface area contributed by atoms with E-state index in [0.29, 0.717) is 11.4 Å². The highest BCUT2D eigenvalue weighted by atomic mass is 32.2. The molecule has 3 rings (SSSR count). The Labute approximate surface area is 157 Å². The van der Waals surface area contributed by atoms with Crippen LogP contribution in [0.3, 0.4) is 0 Å². The van der Waals surface area contributed by atoms with E-state index >= 15 is 0 Å². The van der Waals surface area contributed by atoms with Crippen molar-refractivity contribution in [1.29, 1.82) is 0 Å². The molecule has 1 N–H and O–H groups in total. The summed E-state index contributed by atoms with van der Waals surface area (Å²) in [5.74, 6) is 0. The van der Waals surface area contributed by atoms with Crippen LogP contribution in [-0.2, 0) is 10.0 Å². The number of rotatable bonds is 7. The summed E-state index contributed by atoms with van der Waals surface area (Å²) in [6.45, 7) is 7.70. The summed E-state index contributed by atoms with van der Waals surface area (Å²) in [6.07, 6.45) is 3.53. The summed E-state index contributed by atoms with van der Waals surface area (Å²) >= 11 is 1.58. The molecule has 26 heavy (non-hydrogen) atoms. The number of hydrogen-bond acceptors (Lipinski definition) is 5. The third-order valence-corrected chi connectivity index (χ3v) is 6.85. The Hall–Kier alpha value is -1.97. The van der Waals surface area contributed by atoms with Crippen molar-refractivity contribution < 1.29 is 8.42 Å². The molecule has 140 valence electrons. The van der Waals surface area contributed by atoms with Gasteiger partial charge in [0.15, 0.2) is 0 Å². The monoisotopic (exact) mass is 393 g/mol. The van der Waals surface area contributed by atoms with Crippen LogP contribution in [-0.4, -0.2) is 34.5 Å². The molecular formula is C17H23N5O2S2. The highest BCUT2D eigenvalue weighted by Crippen LogP contribution is 2.25. The zero-order valence-corrected chi connectivity index (χ0v) is 16.9. The molecule has 0 amide bonds. The molecule has 0 aliphatic carbocycles. The highest BCUT2D eigenvalue weighted by molar-refractivity contribution is 7.89. The average Bonchev–Trinajstić information content (AvgIpc) is 3.29. The maximum atomic E-state index is 13.0. The van der Waals surface area contributed by atoms with E-state index < -0.39 is 10.0 Å². The second kappa shape index (κ2) is 7.34. The maximum absolute atomic E-state index is 13.0. The molecule has 0 aliphatic rings. The fourth-order valence-electron chi connectivity index (χ4n) is 3.07. The van der Waals surface area contributed by atoms with Crippen molar-refractivity contribution in [2.75, 3.05) is 6.54 Å². The zero-order chi connectivity index (χ0) is 18.9. The Balaban J connectivity index is 1.88. The molecule has 1 atom stereocenters. The normalized spacial score (nSPS) is 13.4. The number of thiophene rings is 1. The zero-order valence-electron chi connectivity index (χ0n) is 15.2. The molecule has 0 radical (unpaired) electrons. The second-order valence-electron chi connectivity index (χ2n) is 6.41. The number of aryl methyl sites for hydroxylation is 1. The van der Waals surface area contributed by atoms with Crippen LogP contribution >= 0.6 is 11.3 Å². The molecule has 0 spiro atoms. The summed E-state index contributed by atoms with van der Waals surface area (Å²) in [5, 5.41) is 10.6. The quantitative estimate of drug-likeness (QED) is 0.669. The number of nitrogens with one attached hydrogen (secondary N) is 1. The second-order valence-corrected chi connectivity index (χ2v) is 9.09. The molecule has 0 aromatic carbocycles. The number of sulfonamides is 1. The van der Waals surface area contributed by atoms with Gasteiger partial charge in [0.25, 0.3) is 0 Å². The average molecular weight is 394 g/mol. The van der Waals surface area contributed by atoms with E-state index in [1.54, 1.807) is 40.7 Å². The summed E-state index contributed by atoms with van der Waals surface area (Å²) in [4.78, 5) is 1.30. The summed E-state index contributed by atoms with van der Waals surface area (Å²) in [7, 11) is -3.68. The standard InChI is InChI=1S/C17H23N5O2S2/c1-12(2)22-14(4)17(13(3)20-22)26(23,24)19-11-15(16-7-5-10-25-16)21-9-6-8-18-21/h5-10,12,15,19H,11H2,1-4H3. The van der Waals surface area contributed by atoms with Crippen molar-refractivity contribution in [3.8, 4) is 0 Å². The number of hydrogen-bond donors (Lipinski definition) is 1. The molecular weight excluding hydrogens is 370 g/mol. The molecule has 0 bridgehead atoms. The van der Waals surface area contributed by atoms with E-state index in [2.05, 4.69) is 14.9 Å². The lowest BCUT2D eigenvalue weighted by Crippen LogP contribution is -2.32. The Bertz CT molecular complexity index is 923. The molecule has 0 fully saturated rings. The van der Waals surface area contributed by atoms with Crippen LogP contribution in [0.15, 0.2) is 40.9 Å². The summed E-state index contributed by atoms with van der Waals surface area (Å²) in [6, 6.07) is 5.67. The van der Waals surface area contributed by atoms with Crippen LogP contribution in [0, 0.1) is 13.8 Å². The smallest absolute Gasteiger partial charge is 0.244 e. The Morgan fingerprint density at radius 2 is 2.04 bits per heavy atom. The van der Waals surface area contributed by atoms with Gasteiger partial charge in [0.1, 0.15) is 4.90 Å². The minimum Gasteiger partial charge on any atom is -0.266 e. The van der Waals surface area contributed by atoms with E-state index in [0.717, 1.165) is 4.88 Å². The van der Waals surface area contributed by atoms with E-state index in [-0.39, 0.29) is 23.5 Å². The lowest BCUT2D eigenvalue weighted by molar-refractivity contribution is 0.508. The first kappa shape index (κ1) is 18.8. The van der Waals surface area contributed by atoms with Gasteiger partial charge in [-0.3, -0.25) is 9.36 Å². The van der Waals surface area contributed by atoms with Crippen LogP contribution in [0.5, 0.6) is 0 Å². The number of nitrogens with zero attached hydrogens (tertiary/aromatic N) is 4. The van der Waals surface area contributed by atoms with Gasteiger partial charge in [-0.1, -0.05) is 6.07 Å². The lowest BCUT2D eigenvalue weighted by atomic mass is 10.2. The molecule has 3 heterocycles. The largest absolute Gasteiger partial charge is 0.266 e. The Morgan fingerprint density at radius 3 is 2.58 bits per heavy atom. The van der Waals surface area contributed by atoms with Crippen molar-refractivity contribution in [2.45, 2.75) is 44.7 Å². The maximum Gasteiger partial charge on any atom is 0.244 e. The Morgan fingerprint density at radius 1 is 1.27 bits per heavy atom. The van der Waals surface area contributed by atoms with Crippen molar-refractivity contribution in [3.05, 3.63) is 52.2 Å². The number of aromatic nitrogens is 4. The van der Waals surface area contributed by atoms with E-state index in [1.165, 1.54) is 0 Å². The molecule has 0 saturated heterocycles. The van der Waals surface area contributed by atoms with Gasteiger partial charge in [-0.2, -0.15) is 10.2 Å². The predicted octanol–water partition coefficient (Wildman–Crippen LogP) is 2.91. The van der Waals surface area contributed by atoms with Crippen LogP contribution in [0.2, 0.25) is 0 Å². The van der Waals surface area contributed by atoms with Crippen LogP contribution < -0.4 is 4.72 Å². The first-order valence-electron chi connectivity index (χ1n) is 8.39. The highest BCUT2D eigenvalue weighted by Gasteiger charge is 2.27. The van der Waals surface area contributed by atoms with Crippen molar-refractivity contribution in [2.24, 2.45) is 0 Å². The van der Waals surface area contributed by atoms with Gasteiger partial charge in [-0.15, -0.1) is 11.3 Å². The molecule has 7 nitrogen and oxygen atoms in total. The van der Waals surface area contributed by atoms with Crippen LogP contribution in [0.1, 0.15) is 42.2 Å². The minimum absolute atomic E-state index is 0.0978. The lowest BCUT2D eigenvalue weighted by Gasteiger charge is -2.17. The minimum atomic E-state index is -3.68. The molecule has 0 saturated carbocycles. The molecule has 1 unspecified atom stereocenters. The SMILES string of the molecule is Cc1nn(C(C)C)c(C)c1S(=O)(=O)NCC(c1cccs1)n1cccn1. The van der Waals surface area contributed by atoms with E-state index in [1.807, 2.05) is 43.6 Å². The Kier molecular flexibility index (Phi) is 5.31. The first-order chi connectivity index (χ1) is 12.3. The third kappa shape index (κ3) is 3.60. The predicted molar refractivity (Wildman–Crippen MR) is 102 cm³/mol. The molecule has 3 aromatic heterocycles. The fraction of sp³-hybridized carbons (Fsp3) is 0.412. The summed E-state index contributed by atoms with van der Waals surface area (Å²) in [5.41, 5.74) is 1.16. The van der Waals surface area contributed by atoms with Gasteiger partial charge in [0.2, 0.25) is 10.0 Å². The van der Waals surface area contributed by atoms with Crippen molar-refractivity contribution in [3.63, 3.8) is 0 Å². The van der Waals surface area contributed by atoms with Crippen LogP contribution in [0.4, 0.5) is 0 Å². The first-order valence-corrected chi connectivity index (χ1v) is 10.8. The van der Waals surface area contributed by atoms with E-state index in [4.69, 9.17) is 0 Å². The van der Waals surface area contributed by atoms with Crippen molar-refractivity contribution >= 4 is 21.4 Å². The third-order valence-electron chi connectivity index (χ3n) is 4.20. The van der Waals surface area contributed by atoms with Gasteiger partial charge in [0, 0.05) is 29.9 Å². The molecule has 0 aliphatic heterocycles. The fourth-order valence-corrected chi connectivity index (χ4v) is 5.32. The summed E-state index contributed by atoms with van der Waals surface area (Å²) < 4.78 is 32.2. The molecule has 9 heteroatoms. The van der Waals surface area contributed by atoms with Gasteiger partial charge in [-0.25, -0.2) is 13.1 Å². The topological polar surface area (TPSA) is 81.8 Å². The van der Waals surface area contributed by atoms with E-state index in [9.17, 15) is 8.42 Å². The van der Waals surface area contributed by atoms with Gasteiger partial charge >= 0.3 is 0 Å². The molecule has 3 aromatic rings. The van der Waals surface area contributed by atoms with Crippen LogP contribution in [0.25, 0.3) is 0 Å². The van der Waals surface area contributed by atoms with Crippen molar-refractivity contribution in [1.82, 2.24) is 24.3 Å². The van der Waals surface area contributed by atoms with Gasteiger partial charge in [-0.05, 0) is 45.2 Å². The van der Waals surface area contributed by atoms with Gasteiger partial charge in [0.05, 0.1) is 17.4 Å². The van der Waals surface area contributed by atoms with Gasteiger partial charge < -0.3 is 0 Å².